The second kappa shape index (κ2) is 6.75. The molecule has 0 amide bonds. The zero-order valence-electron chi connectivity index (χ0n) is 12.4. The summed E-state index contributed by atoms with van der Waals surface area (Å²) in [5.41, 5.74) is 2.93. The van der Waals surface area contributed by atoms with E-state index in [9.17, 15) is 4.79 Å². The number of rotatable bonds is 5. The van der Waals surface area contributed by atoms with Gasteiger partial charge in [0.05, 0.1) is 18.1 Å². The molecule has 0 aliphatic carbocycles. The number of oxazole rings is 1. The monoisotopic (exact) mass is 306 g/mol. The van der Waals surface area contributed by atoms with Gasteiger partial charge in [-0.15, -0.1) is 0 Å². The number of hydrogen-bond donors (Lipinski definition) is 0. The predicted octanol–water partition coefficient (Wildman–Crippen LogP) is 3.38. The fourth-order valence-corrected chi connectivity index (χ4v) is 2.15. The van der Waals surface area contributed by atoms with E-state index in [0.29, 0.717) is 23.5 Å². The van der Waals surface area contributed by atoms with Crippen molar-refractivity contribution >= 4 is 17.1 Å². The molecule has 0 N–H and O–H groups in total. The van der Waals surface area contributed by atoms with Crippen LogP contribution < -0.4 is 0 Å². The van der Waals surface area contributed by atoms with Crippen LogP contribution in [0.25, 0.3) is 11.1 Å². The zero-order chi connectivity index (χ0) is 16.1. The standard InChI is InChI=1S/C18H14N2O3/c19-11-13-5-7-14(8-6-13)12-22-18(21)10-9-17-20-15-3-1-2-4-16(15)23-17/h1-8H,9-10,12H2. The van der Waals surface area contributed by atoms with Crippen LogP contribution in [-0.4, -0.2) is 11.0 Å². The van der Waals surface area contributed by atoms with Gasteiger partial charge in [-0.05, 0) is 29.8 Å². The van der Waals surface area contributed by atoms with Crippen LogP contribution in [0.15, 0.2) is 52.9 Å². The van der Waals surface area contributed by atoms with Gasteiger partial charge in [-0.3, -0.25) is 4.79 Å². The SMILES string of the molecule is N#Cc1ccc(COC(=O)CCc2nc3ccccc3o2)cc1. The van der Waals surface area contributed by atoms with Crippen molar-refractivity contribution in [1.29, 1.82) is 5.26 Å². The topological polar surface area (TPSA) is 76.1 Å². The molecule has 3 rings (SSSR count). The highest BCUT2D eigenvalue weighted by atomic mass is 16.5. The van der Waals surface area contributed by atoms with E-state index >= 15 is 0 Å². The molecule has 0 aliphatic heterocycles. The molecule has 0 unspecified atom stereocenters. The molecule has 0 spiro atoms. The van der Waals surface area contributed by atoms with E-state index in [0.717, 1.165) is 11.1 Å². The molecular formula is C18H14N2O3. The van der Waals surface area contributed by atoms with E-state index in [1.807, 2.05) is 30.3 Å². The van der Waals surface area contributed by atoms with Crippen molar-refractivity contribution in [3.8, 4) is 6.07 Å². The van der Waals surface area contributed by atoms with Crippen LogP contribution in [0.3, 0.4) is 0 Å². The lowest BCUT2D eigenvalue weighted by Gasteiger charge is -2.04. The Morgan fingerprint density at radius 3 is 2.70 bits per heavy atom. The summed E-state index contributed by atoms with van der Waals surface area (Å²) < 4.78 is 10.8. The lowest BCUT2D eigenvalue weighted by Crippen LogP contribution is -2.06. The number of para-hydroxylation sites is 2. The summed E-state index contributed by atoms with van der Waals surface area (Å²) in [6, 6.07) is 16.5. The summed E-state index contributed by atoms with van der Waals surface area (Å²) in [5.74, 6) is 0.220. The maximum atomic E-state index is 11.8. The fraction of sp³-hybridized carbons (Fsp3) is 0.167. The molecule has 114 valence electrons. The first-order valence-electron chi connectivity index (χ1n) is 7.24. The van der Waals surface area contributed by atoms with Crippen molar-refractivity contribution in [2.24, 2.45) is 0 Å². The number of hydrogen-bond acceptors (Lipinski definition) is 5. The molecule has 2 aromatic carbocycles. The summed E-state index contributed by atoms with van der Waals surface area (Å²) >= 11 is 0. The largest absolute Gasteiger partial charge is 0.461 e. The average molecular weight is 306 g/mol. The number of benzene rings is 2. The average Bonchev–Trinajstić information content (AvgIpc) is 3.01. The first-order chi connectivity index (χ1) is 11.2. The van der Waals surface area contributed by atoms with E-state index in [2.05, 4.69) is 4.98 Å². The first-order valence-corrected chi connectivity index (χ1v) is 7.24. The van der Waals surface area contributed by atoms with Gasteiger partial charge in [0, 0.05) is 6.42 Å². The molecule has 3 aromatic rings. The second-order valence-corrected chi connectivity index (χ2v) is 5.04. The van der Waals surface area contributed by atoms with Crippen LogP contribution >= 0.6 is 0 Å². The highest BCUT2D eigenvalue weighted by molar-refractivity contribution is 5.72. The number of nitrogens with zero attached hydrogens (tertiary/aromatic N) is 2. The van der Waals surface area contributed by atoms with Crippen LogP contribution in [0.4, 0.5) is 0 Å². The van der Waals surface area contributed by atoms with Crippen molar-refractivity contribution in [2.75, 3.05) is 0 Å². The Labute approximate surface area is 133 Å². The molecule has 0 radical (unpaired) electrons. The van der Waals surface area contributed by atoms with Crippen LogP contribution in [0.2, 0.25) is 0 Å². The normalized spacial score (nSPS) is 10.4. The first kappa shape index (κ1) is 14.8. The number of fused-ring (bicyclic) bond motifs is 1. The van der Waals surface area contributed by atoms with Crippen molar-refractivity contribution < 1.29 is 13.9 Å². The third-order valence-corrected chi connectivity index (χ3v) is 3.36. The number of nitriles is 1. The molecule has 0 aliphatic rings. The Bertz CT molecular complexity index is 827. The minimum Gasteiger partial charge on any atom is -0.461 e. The van der Waals surface area contributed by atoms with Gasteiger partial charge in [0.1, 0.15) is 12.1 Å². The van der Waals surface area contributed by atoms with Crippen LogP contribution in [0, 0.1) is 11.3 Å². The summed E-state index contributed by atoms with van der Waals surface area (Å²) in [6.45, 7) is 0.193. The summed E-state index contributed by atoms with van der Waals surface area (Å²) in [4.78, 5) is 16.1. The minimum absolute atomic E-state index is 0.193. The number of carbonyl (C=O) groups excluding carboxylic acids is 1. The van der Waals surface area contributed by atoms with Crippen molar-refractivity contribution in [3.63, 3.8) is 0 Å². The molecule has 0 saturated heterocycles. The minimum atomic E-state index is -0.309. The molecule has 0 saturated carbocycles. The number of esters is 1. The predicted molar refractivity (Wildman–Crippen MR) is 83.3 cm³/mol. The van der Waals surface area contributed by atoms with Gasteiger partial charge in [0.25, 0.3) is 0 Å². The van der Waals surface area contributed by atoms with E-state index in [1.54, 1.807) is 24.3 Å². The number of aryl methyl sites for hydroxylation is 1. The highest BCUT2D eigenvalue weighted by Crippen LogP contribution is 2.16. The lowest BCUT2D eigenvalue weighted by atomic mass is 10.2. The summed E-state index contributed by atoms with van der Waals surface area (Å²) in [5, 5.41) is 8.73. The van der Waals surface area contributed by atoms with E-state index < -0.39 is 0 Å². The molecule has 23 heavy (non-hydrogen) atoms. The van der Waals surface area contributed by atoms with Gasteiger partial charge in [0.15, 0.2) is 11.5 Å². The Balaban J connectivity index is 1.50. The third-order valence-electron chi connectivity index (χ3n) is 3.36. The zero-order valence-corrected chi connectivity index (χ0v) is 12.4. The van der Waals surface area contributed by atoms with Gasteiger partial charge in [-0.25, -0.2) is 4.98 Å². The van der Waals surface area contributed by atoms with Crippen molar-refractivity contribution in [2.45, 2.75) is 19.4 Å². The number of ether oxygens (including phenoxy) is 1. The van der Waals surface area contributed by atoms with Crippen LogP contribution in [0.5, 0.6) is 0 Å². The molecule has 0 bridgehead atoms. The highest BCUT2D eigenvalue weighted by Gasteiger charge is 2.09. The maximum absolute atomic E-state index is 11.8. The molecule has 1 heterocycles. The van der Waals surface area contributed by atoms with Gasteiger partial charge in [0.2, 0.25) is 0 Å². The lowest BCUT2D eigenvalue weighted by molar-refractivity contribution is -0.145. The van der Waals surface area contributed by atoms with E-state index in [4.69, 9.17) is 14.4 Å². The summed E-state index contributed by atoms with van der Waals surface area (Å²) in [7, 11) is 0. The quantitative estimate of drug-likeness (QED) is 0.675. The third kappa shape index (κ3) is 3.74. The van der Waals surface area contributed by atoms with Gasteiger partial charge in [-0.2, -0.15) is 5.26 Å². The fourth-order valence-electron chi connectivity index (χ4n) is 2.15. The Kier molecular flexibility index (Phi) is 4.34. The molecule has 0 fully saturated rings. The Morgan fingerprint density at radius 1 is 1.17 bits per heavy atom. The van der Waals surface area contributed by atoms with Gasteiger partial charge < -0.3 is 9.15 Å². The van der Waals surface area contributed by atoms with Crippen molar-refractivity contribution in [1.82, 2.24) is 4.98 Å². The van der Waals surface area contributed by atoms with E-state index in [1.165, 1.54) is 0 Å². The van der Waals surface area contributed by atoms with Crippen LogP contribution in [-0.2, 0) is 22.6 Å². The summed E-state index contributed by atoms with van der Waals surface area (Å²) in [6.07, 6.45) is 0.615. The van der Waals surface area contributed by atoms with Gasteiger partial charge in [-0.1, -0.05) is 24.3 Å². The second-order valence-electron chi connectivity index (χ2n) is 5.04. The molecule has 1 aromatic heterocycles. The number of aromatic nitrogens is 1. The molecule has 0 atom stereocenters. The Hall–Kier alpha value is -3.13. The smallest absolute Gasteiger partial charge is 0.306 e. The Morgan fingerprint density at radius 2 is 1.96 bits per heavy atom. The molecule has 5 heteroatoms. The van der Waals surface area contributed by atoms with Gasteiger partial charge >= 0.3 is 5.97 Å². The maximum Gasteiger partial charge on any atom is 0.306 e. The van der Waals surface area contributed by atoms with E-state index in [-0.39, 0.29) is 19.0 Å². The number of carbonyl (C=O) groups is 1. The molecule has 5 nitrogen and oxygen atoms in total. The van der Waals surface area contributed by atoms with Crippen molar-refractivity contribution in [3.05, 3.63) is 65.5 Å². The molecular weight excluding hydrogens is 292 g/mol. The van der Waals surface area contributed by atoms with Crippen LogP contribution in [0.1, 0.15) is 23.4 Å².